The number of alkyl halides is 3. The molecule has 0 radical (unpaired) electrons. The van der Waals surface area contributed by atoms with E-state index in [0.29, 0.717) is 63.8 Å². The second kappa shape index (κ2) is 23.5. The number of fused-ring (bicyclic) bond motifs is 4. The Kier molecular flexibility index (Phi) is 18.6. The number of halogens is 3. The molecule has 60 heavy (non-hydrogen) atoms. The van der Waals surface area contributed by atoms with E-state index in [0.717, 1.165) is 27.8 Å². The second-order valence-electron chi connectivity index (χ2n) is 15.8. The highest BCUT2D eigenvalue weighted by atomic mass is 18.2. The molecule has 0 amide bonds. The number of hydrogen-bond donors (Lipinski definition) is 2. The molecule has 8 rings (SSSR count). The molecule has 0 fully saturated rings. The smallest absolute Gasteiger partial charge is 0.124 e. The Balaban J connectivity index is 0.000000176. The average Bonchev–Trinajstić information content (AvgIpc) is 3.87. The van der Waals surface area contributed by atoms with E-state index in [1.807, 2.05) is 90.6 Å². The first-order valence-electron chi connectivity index (χ1n) is 20.5. The molecule has 4 aromatic rings. The predicted octanol–water partition coefficient (Wildman–Crippen LogP) is 9.39. The van der Waals surface area contributed by atoms with Crippen LogP contribution in [0.5, 0.6) is 0 Å². The monoisotopic (exact) mass is 807 g/mol. The van der Waals surface area contributed by atoms with Crippen LogP contribution in [0.4, 0.5) is 13.2 Å². The lowest BCUT2D eigenvalue weighted by atomic mass is 9.86. The number of terminal acetylenes is 4. The first kappa shape index (κ1) is 47.4. The molecule has 4 aromatic carbocycles. The number of rotatable bonds is 8. The first-order valence-corrected chi connectivity index (χ1v) is 20.5. The minimum Gasteiger partial charge on any atom is -0.299 e. The van der Waals surface area contributed by atoms with Crippen LogP contribution in [0.2, 0.25) is 0 Å². The Morgan fingerprint density at radius 2 is 0.983 bits per heavy atom. The highest BCUT2D eigenvalue weighted by Crippen LogP contribution is 2.38. The van der Waals surface area contributed by atoms with Crippen LogP contribution >= 0.6 is 0 Å². The summed E-state index contributed by atoms with van der Waals surface area (Å²) in [5.74, 6) is 10.9. The fraction of sp³-hybridized carbons (Fsp3) is 0.396. The van der Waals surface area contributed by atoms with Crippen molar-refractivity contribution in [2.45, 2.75) is 89.1 Å². The molecule has 4 aliphatic carbocycles. The summed E-state index contributed by atoms with van der Waals surface area (Å²) in [5.41, 5.74) is 9.58. The summed E-state index contributed by atoms with van der Waals surface area (Å²) >= 11 is 0. The molecule has 0 saturated heterocycles. The van der Waals surface area contributed by atoms with Crippen LogP contribution in [-0.2, 0) is 25.7 Å². The van der Waals surface area contributed by atoms with Crippen LogP contribution in [0.15, 0.2) is 97.1 Å². The summed E-state index contributed by atoms with van der Waals surface area (Å²) in [6, 6.07) is 32.6. The zero-order chi connectivity index (χ0) is 42.3. The molecular weight excluding hydrogens is 747 g/mol. The van der Waals surface area contributed by atoms with Crippen molar-refractivity contribution in [2.24, 2.45) is 5.92 Å². The topological polar surface area (TPSA) is 30.5 Å². The van der Waals surface area contributed by atoms with Crippen LogP contribution in [0.3, 0.4) is 0 Å². The van der Waals surface area contributed by atoms with Crippen LogP contribution in [-0.4, -0.2) is 68.6 Å². The van der Waals surface area contributed by atoms with Crippen molar-refractivity contribution < 1.29 is 13.2 Å². The number of nitrogens with zero attached hydrogens (tertiary/aromatic N) is 2. The van der Waals surface area contributed by atoms with Crippen LogP contribution in [0, 0.1) is 55.3 Å². The molecular formula is C53H61F3N4. The summed E-state index contributed by atoms with van der Waals surface area (Å²) in [6.45, 7) is 4.39. The summed E-state index contributed by atoms with van der Waals surface area (Å²) < 4.78 is 41.1. The molecule has 0 heterocycles. The van der Waals surface area contributed by atoms with Gasteiger partial charge in [0.1, 0.15) is 18.5 Å². The van der Waals surface area contributed by atoms with E-state index < -0.39 is 18.5 Å². The maximum absolute atomic E-state index is 13.8. The summed E-state index contributed by atoms with van der Waals surface area (Å²) in [4.78, 5) is 3.95. The van der Waals surface area contributed by atoms with Crippen LogP contribution in [0.1, 0.15) is 89.4 Å². The molecule has 2 N–H and O–H groups in total. The van der Waals surface area contributed by atoms with E-state index in [-0.39, 0.29) is 25.6 Å². The lowest BCUT2D eigenvalue weighted by Gasteiger charge is -2.33. The van der Waals surface area contributed by atoms with Gasteiger partial charge < -0.3 is 0 Å². The minimum absolute atomic E-state index is 0. The number of nitrogens with one attached hydrogen (secondary N) is 2. The van der Waals surface area contributed by atoms with Gasteiger partial charge in [0.05, 0.1) is 38.3 Å². The molecule has 4 unspecified atom stereocenters. The standard InChI is InChI=1S/C14H16FN.C13H14FN.C13H15N.C12H12FN.CH4/c1-3-8-16(2)14-10-12(15)9-11-6-4-5-7-13(11)14;1-3-8-15(2)13-11-7-5-4-6-10(11)9-12(13)14;1-3-8-14-13-10(2)9-11-6-4-5-7-12(11)13;1-2-7-14-12-10-6-4-3-5-9(10)8-11(12)13;/h1,4-7,12,14H,8-10H2,2H3;1,4-7,12-13H,8-9H2,2H3;1,4-7,10,13-14H,8-9H2,2H3;1,3-6,11-12,14H,7-8H2;1H4/t;;10-,13+;11-,12+;/m..01./s1/i15-1;14-1;;13-1;. The maximum Gasteiger partial charge on any atom is 0.124 e. The molecule has 4 aliphatic rings. The van der Waals surface area contributed by atoms with Crippen molar-refractivity contribution in [3.8, 4) is 49.4 Å². The highest BCUT2D eigenvalue weighted by Gasteiger charge is 2.35. The van der Waals surface area contributed by atoms with E-state index >= 15 is 0 Å². The molecule has 7 heteroatoms. The molecule has 0 aliphatic heterocycles. The van der Waals surface area contributed by atoms with Gasteiger partial charge in [-0.3, -0.25) is 20.4 Å². The Bertz CT molecular complexity index is 2070. The predicted molar refractivity (Wildman–Crippen MR) is 243 cm³/mol. The van der Waals surface area contributed by atoms with E-state index in [1.165, 1.54) is 23.1 Å². The van der Waals surface area contributed by atoms with Gasteiger partial charge in [-0.2, -0.15) is 0 Å². The Hall–Kier alpha value is -5.25. The third-order valence-corrected chi connectivity index (χ3v) is 11.7. The fourth-order valence-electron chi connectivity index (χ4n) is 8.92. The van der Waals surface area contributed by atoms with E-state index in [2.05, 4.69) is 71.6 Å². The van der Waals surface area contributed by atoms with Gasteiger partial charge in [-0.25, -0.2) is 13.2 Å². The third-order valence-electron chi connectivity index (χ3n) is 11.7. The third kappa shape index (κ3) is 11.9. The Morgan fingerprint density at radius 1 is 0.550 bits per heavy atom. The molecule has 0 bridgehead atoms. The Morgan fingerprint density at radius 3 is 1.55 bits per heavy atom. The first-order chi connectivity index (χ1) is 28.6. The maximum atomic E-state index is 13.8. The van der Waals surface area contributed by atoms with E-state index in [4.69, 9.17) is 25.7 Å². The fourth-order valence-corrected chi connectivity index (χ4v) is 8.92. The van der Waals surface area contributed by atoms with Gasteiger partial charge in [-0.05, 0) is 77.4 Å². The molecule has 8 atom stereocenters. The van der Waals surface area contributed by atoms with Gasteiger partial charge in [0.25, 0.3) is 0 Å². The van der Waals surface area contributed by atoms with Crippen molar-refractivity contribution in [2.75, 3.05) is 40.3 Å². The average molecular weight is 808 g/mol. The Labute approximate surface area is 358 Å². The molecule has 0 aromatic heterocycles. The van der Waals surface area contributed by atoms with Gasteiger partial charge in [-0.1, -0.05) is 135 Å². The number of hydrogen-bond acceptors (Lipinski definition) is 4. The molecule has 0 saturated carbocycles. The second-order valence-corrected chi connectivity index (χ2v) is 15.8. The lowest BCUT2D eigenvalue weighted by Crippen LogP contribution is -2.32. The quantitative estimate of drug-likeness (QED) is 0.174. The van der Waals surface area contributed by atoms with Crippen molar-refractivity contribution in [3.05, 3.63) is 142 Å². The van der Waals surface area contributed by atoms with E-state index in [1.54, 1.807) is 0 Å². The zero-order valence-corrected chi connectivity index (χ0v) is 34.6. The minimum atomic E-state index is -0.847. The van der Waals surface area contributed by atoms with Crippen molar-refractivity contribution in [3.63, 3.8) is 0 Å². The van der Waals surface area contributed by atoms with Crippen molar-refractivity contribution in [1.29, 1.82) is 0 Å². The zero-order valence-electron chi connectivity index (χ0n) is 34.6. The summed E-state index contributed by atoms with van der Waals surface area (Å²) in [5, 5.41) is 6.43. The SMILES string of the molecule is C.C#CCN(C)C1CC([18F])Cc2ccccc21.C#CCN(C)C1c2ccccc2CC1[18F].C#CCN[C@H]1c2ccccc2C[C@@H]1C.C#CCN[C@H]1c2ccccc2C[C@H]1[18F]. The van der Waals surface area contributed by atoms with Crippen LogP contribution in [0.25, 0.3) is 0 Å². The van der Waals surface area contributed by atoms with Gasteiger partial charge in [0.15, 0.2) is 0 Å². The normalized spacial score (nSPS) is 23.7. The summed E-state index contributed by atoms with van der Waals surface area (Å²) in [7, 11) is 3.83. The molecule has 0 spiro atoms. The van der Waals surface area contributed by atoms with Crippen molar-refractivity contribution in [1.82, 2.24) is 20.4 Å². The van der Waals surface area contributed by atoms with Gasteiger partial charge >= 0.3 is 0 Å². The lowest BCUT2D eigenvalue weighted by molar-refractivity contribution is 0.164. The van der Waals surface area contributed by atoms with Gasteiger partial charge in [0.2, 0.25) is 0 Å². The highest BCUT2D eigenvalue weighted by molar-refractivity contribution is 5.38. The van der Waals surface area contributed by atoms with E-state index in [9.17, 15) is 13.2 Å². The molecule has 4 nitrogen and oxygen atoms in total. The molecule has 314 valence electrons. The number of benzene rings is 4. The van der Waals surface area contributed by atoms with Gasteiger partial charge in [0, 0.05) is 31.3 Å². The largest absolute Gasteiger partial charge is 0.299 e. The van der Waals surface area contributed by atoms with Crippen molar-refractivity contribution >= 4 is 0 Å². The van der Waals surface area contributed by atoms with Crippen LogP contribution < -0.4 is 10.6 Å². The summed E-state index contributed by atoms with van der Waals surface area (Å²) in [6.07, 6.45) is 21.8. The van der Waals surface area contributed by atoms with Gasteiger partial charge in [-0.15, -0.1) is 25.7 Å².